The molecule has 4 heteroatoms. The second-order valence-corrected chi connectivity index (χ2v) is 5.85. The second kappa shape index (κ2) is 6.35. The summed E-state index contributed by atoms with van der Waals surface area (Å²) in [7, 11) is 0. The van der Waals surface area contributed by atoms with E-state index in [-0.39, 0.29) is 18.3 Å². The fourth-order valence-electron chi connectivity index (χ4n) is 2.72. The molecule has 1 fully saturated rings. The second-order valence-electron chi connectivity index (χ2n) is 5.85. The Bertz CT molecular complexity index is 487. The van der Waals surface area contributed by atoms with Gasteiger partial charge in [-0.2, -0.15) is 0 Å². The van der Waals surface area contributed by atoms with E-state index >= 15 is 0 Å². The molecule has 110 valence electrons. The molecule has 0 spiro atoms. The van der Waals surface area contributed by atoms with Gasteiger partial charge in [0.15, 0.2) is 0 Å². The predicted molar refractivity (Wildman–Crippen MR) is 74.1 cm³/mol. The number of rotatable bonds is 4. The summed E-state index contributed by atoms with van der Waals surface area (Å²) in [6.45, 7) is 4.75. The summed E-state index contributed by atoms with van der Waals surface area (Å²) in [5.74, 6) is -0.293. The Morgan fingerprint density at radius 1 is 1.30 bits per heavy atom. The van der Waals surface area contributed by atoms with Crippen LogP contribution in [0.3, 0.4) is 0 Å². The first-order chi connectivity index (χ1) is 9.45. The fraction of sp³-hybridized carbons (Fsp3) is 0.562. The van der Waals surface area contributed by atoms with E-state index in [0.29, 0.717) is 11.5 Å². The van der Waals surface area contributed by atoms with Gasteiger partial charge in [-0.3, -0.25) is 0 Å². The maximum atomic E-state index is 13.3. The number of halogens is 1. The van der Waals surface area contributed by atoms with Crippen molar-refractivity contribution in [2.75, 3.05) is 0 Å². The molecule has 1 aliphatic carbocycles. The monoisotopic (exact) mass is 280 g/mol. The van der Waals surface area contributed by atoms with Gasteiger partial charge in [0.2, 0.25) is 0 Å². The average molecular weight is 280 g/mol. The molecule has 3 atom stereocenters. The lowest BCUT2D eigenvalue weighted by atomic mass is 9.80. The molecule has 0 heterocycles. The van der Waals surface area contributed by atoms with Crippen molar-refractivity contribution in [1.29, 1.82) is 0 Å². The Labute approximate surface area is 118 Å². The van der Waals surface area contributed by atoms with Crippen LogP contribution in [-0.2, 0) is 11.3 Å². The van der Waals surface area contributed by atoms with Crippen molar-refractivity contribution >= 4 is 5.97 Å². The van der Waals surface area contributed by atoms with Crippen LogP contribution in [0.1, 0.15) is 49.0 Å². The lowest BCUT2D eigenvalue weighted by molar-refractivity contribution is -0.00755. The minimum atomic E-state index is -1.12. The number of aromatic carboxylic acids is 1. The van der Waals surface area contributed by atoms with E-state index < -0.39 is 11.8 Å². The number of benzene rings is 1. The topological polar surface area (TPSA) is 46.5 Å². The summed E-state index contributed by atoms with van der Waals surface area (Å²) in [5, 5.41) is 8.91. The van der Waals surface area contributed by atoms with Gasteiger partial charge >= 0.3 is 5.97 Å². The Morgan fingerprint density at radius 3 is 2.70 bits per heavy atom. The van der Waals surface area contributed by atoms with Gasteiger partial charge in [-0.05, 0) is 54.9 Å². The standard InChI is InChI=1S/C16H21FO3/c1-10-3-4-15(5-11(10)2)20-9-12-6-13(16(18)19)8-14(17)7-12/h6-8,10-11,15H,3-5,9H2,1-2H3,(H,18,19). The van der Waals surface area contributed by atoms with E-state index in [1.165, 1.54) is 12.1 Å². The Hall–Kier alpha value is -1.42. The molecular formula is C16H21FO3. The first-order valence-electron chi connectivity index (χ1n) is 7.10. The minimum absolute atomic E-state index is 0.0331. The molecule has 0 aromatic heterocycles. The first-order valence-corrected chi connectivity index (χ1v) is 7.10. The molecule has 1 aromatic rings. The number of carboxylic acid groups (broad SMARTS) is 1. The molecule has 1 saturated carbocycles. The van der Waals surface area contributed by atoms with Crippen LogP contribution < -0.4 is 0 Å². The van der Waals surface area contributed by atoms with Crippen molar-refractivity contribution < 1.29 is 19.0 Å². The van der Waals surface area contributed by atoms with E-state index in [1.54, 1.807) is 0 Å². The lowest BCUT2D eigenvalue weighted by Gasteiger charge is -2.32. The summed E-state index contributed by atoms with van der Waals surface area (Å²) < 4.78 is 19.2. The van der Waals surface area contributed by atoms with Crippen LogP contribution in [0.4, 0.5) is 4.39 Å². The van der Waals surface area contributed by atoms with Crippen LogP contribution in [-0.4, -0.2) is 17.2 Å². The number of hydrogen-bond acceptors (Lipinski definition) is 2. The van der Waals surface area contributed by atoms with Crippen LogP contribution in [0.25, 0.3) is 0 Å². The molecule has 3 nitrogen and oxygen atoms in total. The summed E-state index contributed by atoms with van der Waals surface area (Å²) in [5.41, 5.74) is 0.544. The smallest absolute Gasteiger partial charge is 0.335 e. The number of ether oxygens (including phenoxy) is 1. The van der Waals surface area contributed by atoms with Gasteiger partial charge in [0.25, 0.3) is 0 Å². The van der Waals surface area contributed by atoms with Gasteiger partial charge < -0.3 is 9.84 Å². The van der Waals surface area contributed by atoms with Crippen molar-refractivity contribution in [1.82, 2.24) is 0 Å². The van der Waals surface area contributed by atoms with Gasteiger partial charge in [0.05, 0.1) is 18.3 Å². The summed E-state index contributed by atoms with van der Waals surface area (Å²) >= 11 is 0. The maximum Gasteiger partial charge on any atom is 0.335 e. The minimum Gasteiger partial charge on any atom is -0.478 e. The summed E-state index contributed by atoms with van der Waals surface area (Å²) in [6, 6.07) is 3.83. The van der Waals surface area contributed by atoms with Crippen molar-refractivity contribution in [2.24, 2.45) is 11.8 Å². The van der Waals surface area contributed by atoms with Gasteiger partial charge in [-0.25, -0.2) is 9.18 Å². The third-order valence-electron chi connectivity index (χ3n) is 4.24. The van der Waals surface area contributed by atoms with Gasteiger partial charge in [-0.1, -0.05) is 13.8 Å². The van der Waals surface area contributed by atoms with E-state index in [9.17, 15) is 9.18 Å². The fourth-order valence-corrected chi connectivity index (χ4v) is 2.72. The van der Waals surface area contributed by atoms with Gasteiger partial charge in [-0.15, -0.1) is 0 Å². The SMILES string of the molecule is CC1CCC(OCc2cc(F)cc(C(=O)O)c2)CC1C. The quantitative estimate of drug-likeness (QED) is 0.910. The van der Waals surface area contributed by atoms with Crippen molar-refractivity contribution in [3.05, 3.63) is 35.1 Å². The molecule has 2 rings (SSSR count). The zero-order valence-electron chi connectivity index (χ0n) is 11.9. The van der Waals surface area contributed by atoms with E-state index in [0.717, 1.165) is 31.2 Å². The molecule has 1 aromatic carbocycles. The highest BCUT2D eigenvalue weighted by atomic mass is 19.1. The molecule has 3 unspecified atom stereocenters. The lowest BCUT2D eigenvalue weighted by Crippen LogP contribution is -2.26. The number of carbonyl (C=O) groups is 1. The summed E-state index contributed by atoms with van der Waals surface area (Å²) in [6.07, 6.45) is 3.38. The number of hydrogen-bond donors (Lipinski definition) is 1. The van der Waals surface area contributed by atoms with Gasteiger partial charge in [0, 0.05) is 0 Å². The molecule has 0 amide bonds. The van der Waals surface area contributed by atoms with Crippen LogP contribution in [0.2, 0.25) is 0 Å². The van der Waals surface area contributed by atoms with Crippen LogP contribution in [0, 0.1) is 17.7 Å². The van der Waals surface area contributed by atoms with Crippen LogP contribution in [0.15, 0.2) is 18.2 Å². The molecule has 0 radical (unpaired) electrons. The molecule has 0 bridgehead atoms. The molecule has 20 heavy (non-hydrogen) atoms. The van der Waals surface area contributed by atoms with E-state index in [4.69, 9.17) is 9.84 Å². The molecule has 0 saturated heterocycles. The maximum absolute atomic E-state index is 13.3. The zero-order valence-corrected chi connectivity index (χ0v) is 11.9. The largest absolute Gasteiger partial charge is 0.478 e. The van der Waals surface area contributed by atoms with Crippen molar-refractivity contribution in [3.8, 4) is 0 Å². The molecule has 0 aliphatic heterocycles. The highest BCUT2D eigenvalue weighted by molar-refractivity contribution is 5.87. The Kier molecular flexibility index (Phi) is 4.76. The third-order valence-corrected chi connectivity index (χ3v) is 4.24. The zero-order chi connectivity index (χ0) is 14.7. The average Bonchev–Trinajstić information content (AvgIpc) is 2.39. The molecular weight excluding hydrogens is 259 g/mol. The van der Waals surface area contributed by atoms with Gasteiger partial charge in [0.1, 0.15) is 5.82 Å². The van der Waals surface area contributed by atoms with Crippen molar-refractivity contribution in [2.45, 2.75) is 45.8 Å². The van der Waals surface area contributed by atoms with E-state index in [2.05, 4.69) is 13.8 Å². The summed E-state index contributed by atoms with van der Waals surface area (Å²) in [4.78, 5) is 10.9. The highest BCUT2D eigenvalue weighted by Gasteiger charge is 2.25. The van der Waals surface area contributed by atoms with Crippen LogP contribution >= 0.6 is 0 Å². The van der Waals surface area contributed by atoms with Crippen molar-refractivity contribution in [3.63, 3.8) is 0 Å². The predicted octanol–water partition coefficient (Wildman–Crippen LogP) is 3.87. The van der Waals surface area contributed by atoms with Crippen LogP contribution in [0.5, 0.6) is 0 Å². The first kappa shape index (κ1) is 15.0. The number of carboxylic acids is 1. The van der Waals surface area contributed by atoms with E-state index in [1.807, 2.05) is 0 Å². The Morgan fingerprint density at radius 2 is 2.05 bits per heavy atom. The Balaban J connectivity index is 1.95. The normalized spacial score (nSPS) is 26.4. The molecule has 1 N–H and O–H groups in total. The third kappa shape index (κ3) is 3.79. The molecule has 1 aliphatic rings. The highest BCUT2D eigenvalue weighted by Crippen LogP contribution is 2.31.